The quantitative estimate of drug-likeness (QED) is 0.824. The Morgan fingerprint density at radius 1 is 1.25 bits per heavy atom. The number of rotatable bonds is 3. The van der Waals surface area contributed by atoms with Gasteiger partial charge in [0.05, 0.1) is 0 Å². The van der Waals surface area contributed by atoms with E-state index in [0.717, 1.165) is 26.2 Å². The number of anilines is 2. The highest BCUT2D eigenvalue weighted by Gasteiger charge is 2.17. The summed E-state index contributed by atoms with van der Waals surface area (Å²) in [4.78, 5) is 30.5. The normalized spacial score (nSPS) is 14.5. The fourth-order valence-electron chi connectivity index (χ4n) is 2.53. The van der Waals surface area contributed by atoms with Crippen molar-refractivity contribution in [2.24, 2.45) is 7.05 Å². The van der Waals surface area contributed by atoms with E-state index in [-0.39, 0.29) is 17.3 Å². The molecule has 7 nitrogen and oxygen atoms in total. The first-order valence-corrected chi connectivity index (χ1v) is 8.44. The van der Waals surface area contributed by atoms with Gasteiger partial charge < -0.3 is 20.1 Å². The summed E-state index contributed by atoms with van der Waals surface area (Å²) in [5, 5.41) is 6.22. The molecule has 1 aromatic heterocycles. The van der Waals surface area contributed by atoms with Gasteiger partial charge in [-0.05, 0) is 40.2 Å². The lowest BCUT2D eigenvalue weighted by Crippen LogP contribution is -2.46. The summed E-state index contributed by atoms with van der Waals surface area (Å²) in [6, 6.07) is 7.07. The number of nitrogens with one attached hydrogen (secondary N) is 2. The maximum Gasteiger partial charge on any atom is 0.293 e. The molecule has 0 atom stereocenters. The summed E-state index contributed by atoms with van der Waals surface area (Å²) in [5.74, 6) is 0.257. The summed E-state index contributed by atoms with van der Waals surface area (Å²) in [6.45, 7) is 3.08. The van der Waals surface area contributed by atoms with Gasteiger partial charge in [-0.25, -0.2) is 4.98 Å². The number of carbonyl (C=O) groups is 1. The van der Waals surface area contributed by atoms with Crippen molar-refractivity contribution in [3.05, 3.63) is 51.0 Å². The van der Waals surface area contributed by atoms with Crippen molar-refractivity contribution >= 4 is 33.3 Å². The van der Waals surface area contributed by atoms with Crippen LogP contribution in [0.25, 0.3) is 0 Å². The molecule has 0 aliphatic carbocycles. The molecule has 0 spiro atoms. The van der Waals surface area contributed by atoms with E-state index < -0.39 is 0 Å². The first-order valence-electron chi connectivity index (χ1n) is 7.65. The largest absolute Gasteiger partial charge is 0.336 e. The maximum atomic E-state index is 12.4. The highest BCUT2D eigenvalue weighted by Crippen LogP contribution is 2.16. The molecule has 1 fully saturated rings. The van der Waals surface area contributed by atoms with Crippen molar-refractivity contribution in [3.8, 4) is 0 Å². The first-order chi connectivity index (χ1) is 11.5. The summed E-state index contributed by atoms with van der Waals surface area (Å²) in [7, 11) is 1.66. The van der Waals surface area contributed by atoms with Crippen LogP contribution in [-0.2, 0) is 7.05 Å². The van der Waals surface area contributed by atoms with Crippen LogP contribution >= 0.6 is 15.9 Å². The van der Waals surface area contributed by atoms with Crippen molar-refractivity contribution in [1.82, 2.24) is 19.8 Å². The molecule has 2 N–H and O–H groups in total. The number of amides is 1. The van der Waals surface area contributed by atoms with Crippen LogP contribution in [0.2, 0.25) is 0 Å². The summed E-state index contributed by atoms with van der Waals surface area (Å²) >= 11 is 3.27. The number of aryl methyl sites for hydroxylation is 1. The third kappa shape index (κ3) is 3.65. The van der Waals surface area contributed by atoms with Gasteiger partial charge in [0.25, 0.3) is 11.5 Å². The average molecular weight is 392 g/mol. The maximum absolute atomic E-state index is 12.4. The highest BCUT2D eigenvalue weighted by atomic mass is 79.9. The molecule has 126 valence electrons. The van der Waals surface area contributed by atoms with Crippen LogP contribution in [0.15, 0.2) is 39.9 Å². The Balaban J connectivity index is 1.75. The standard InChI is InChI=1S/C16H18BrN5O2/c1-21-10-13(17)20-14(16(21)24)19-12-4-2-11(3-5-12)15(23)22-8-6-18-7-9-22/h2-5,10,18H,6-9H2,1H3,(H,19,20). The minimum absolute atomic E-state index is 0.0274. The minimum atomic E-state index is -0.223. The Morgan fingerprint density at radius 2 is 1.92 bits per heavy atom. The van der Waals surface area contributed by atoms with E-state index in [9.17, 15) is 9.59 Å². The molecule has 1 aliphatic rings. The van der Waals surface area contributed by atoms with Crippen molar-refractivity contribution < 1.29 is 4.79 Å². The van der Waals surface area contributed by atoms with Crippen molar-refractivity contribution in [3.63, 3.8) is 0 Å². The minimum Gasteiger partial charge on any atom is -0.336 e. The zero-order chi connectivity index (χ0) is 17.1. The Labute approximate surface area is 147 Å². The van der Waals surface area contributed by atoms with Crippen LogP contribution < -0.4 is 16.2 Å². The van der Waals surface area contributed by atoms with Crippen LogP contribution in [-0.4, -0.2) is 46.5 Å². The van der Waals surface area contributed by atoms with Gasteiger partial charge in [0.1, 0.15) is 4.60 Å². The Kier molecular flexibility index (Phi) is 4.96. The Hall–Kier alpha value is -2.19. The third-order valence-corrected chi connectivity index (χ3v) is 4.22. The predicted molar refractivity (Wildman–Crippen MR) is 95.7 cm³/mol. The molecule has 2 heterocycles. The molecule has 24 heavy (non-hydrogen) atoms. The van der Waals surface area contributed by atoms with Gasteiger partial charge in [-0.3, -0.25) is 9.59 Å². The van der Waals surface area contributed by atoms with Crippen molar-refractivity contribution in [1.29, 1.82) is 0 Å². The second-order valence-electron chi connectivity index (χ2n) is 5.57. The van der Waals surface area contributed by atoms with Crippen LogP contribution in [0.4, 0.5) is 11.5 Å². The first kappa shape index (κ1) is 16.7. The van der Waals surface area contributed by atoms with Crippen LogP contribution in [0.5, 0.6) is 0 Å². The second-order valence-corrected chi connectivity index (χ2v) is 6.39. The zero-order valence-electron chi connectivity index (χ0n) is 13.3. The number of aromatic nitrogens is 2. The van der Waals surface area contributed by atoms with Crippen LogP contribution in [0, 0.1) is 0 Å². The summed E-state index contributed by atoms with van der Waals surface area (Å²) in [5.41, 5.74) is 1.12. The number of carbonyl (C=O) groups excluding carboxylic acids is 1. The number of hydrogen-bond donors (Lipinski definition) is 2. The summed E-state index contributed by atoms with van der Waals surface area (Å²) < 4.78 is 2.01. The van der Waals surface area contributed by atoms with Gasteiger partial charge in [-0.2, -0.15) is 0 Å². The average Bonchev–Trinajstić information content (AvgIpc) is 2.60. The van der Waals surface area contributed by atoms with Crippen LogP contribution in [0.3, 0.4) is 0 Å². The number of hydrogen-bond acceptors (Lipinski definition) is 5. The van der Waals surface area contributed by atoms with E-state index in [1.807, 2.05) is 4.90 Å². The summed E-state index contributed by atoms with van der Waals surface area (Å²) in [6.07, 6.45) is 1.60. The molecule has 2 aromatic rings. The van der Waals surface area contributed by atoms with Crippen LogP contribution in [0.1, 0.15) is 10.4 Å². The zero-order valence-corrected chi connectivity index (χ0v) is 14.8. The Bertz CT molecular complexity index is 797. The van der Waals surface area contributed by atoms with Gasteiger partial charge in [-0.1, -0.05) is 0 Å². The molecular formula is C16H18BrN5O2. The molecule has 1 aliphatic heterocycles. The number of nitrogens with zero attached hydrogens (tertiary/aromatic N) is 3. The van der Waals surface area contributed by atoms with Crippen molar-refractivity contribution in [2.75, 3.05) is 31.5 Å². The number of piperazine rings is 1. The smallest absolute Gasteiger partial charge is 0.293 e. The fraction of sp³-hybridized carbons (Fsp3) is 0.312. The fourth-order valence-corrected chi connectivity index (χ4v) is 3.02. The van der Waals surface area contributed by atoms with Crippen molar-refractivity contribution in [2.45, 2.75) is 0 Å². The van der Waals surface area contributed by atoms with E-state index in [4.69, 9.17) is 0 Å². The monoisotopic (exact) mass is 391 g/mol. The molecule has 1 saturated heterocycles. The lowest BCUT2D eigenvalue weighted by atomic mass is 10.1. The molecule has 8 heteroatoms. The number of benzene rings is 1. The van der Waals surface area contributed by atoms with Gasteiger partial charge in [0, 0.05) is 50.7 Å². The molecule has 1 aromatic carbocycles. The lowest BCUT2D eigenvalue weighted by Gasteiger charge is -2.27. The molecule has 0 bridgehead atoms. The second kappa shape index (κ2) is 7.14. The molecule has 0 radical (unpaired) electrons. The van der Waals surface area contributed by atoms with Gasteiger partial charge in [-0.15, -0.1) is 0 Å². The molecule has 3 rings (SSSR count). The molecule has 0 unspecified atom stereocenters. The van der Waals surface area contributed by atoms with E-state index in [0.29, 0.717) is 15.9 Å². The van der Waals surface area contributed by atoms with E-state index in [2.05, 4.69) is 31.5 Å². The van der Waals surface area contributed by atoms with E-state index in [1.54, 1.807) is 37.5 Å². The highest BCUT2D eigenvalue weighted by molar-refractivity contribution is 9.10. The van der Waals surface area contributed by atoms with Gasteiger partial charge in [0.15, 0.2) is 5.82 Å². The topological polar surface area (TPSA) is 79.3 Å². The predicted octanol–water partition coefficient (Wildman–Crippen LogP) is 1.33. The Morgan fingerprint density at radius 3 is 2.58 bits per heavy atom. The third-order valence-electron chi connectivity index (χ3n) is 3.84. The molecule has 1 amide bonds. The van der Waals surface area contributed by atoms with E-state index >= 15 is 0 Å². The van der Waals surface area contributed by atoms with E-state index in [1.165, 1.54) is 4.57 Å². The lowest BCUT2D eigenvalue weighted by molar-refractivity contribution is 0.0736. The molecule has 0 saturated carbocycles. The molecular weight excluding hydrogens is 374 g/mol. The number of halogens is 1. The SMILES string of the molecule is Cn1cc(Br)nc(Nc2ccc(C(=O)N3CCNCC3)cc2)c1=O. The van der Waals surface area contributed by atoms with Gasteiger partial charge >= 0.3 is 0 Å². The van der Waals surface area contributed by atoms with Gasteiger partial charge in [0.2, 0.25) is 0 Å².